The van der Waals surface area contributed by atoms with E-state index in [0.717, 1.165) is 28.1 Å². The Morgan fingerprint density at radius 1 is 1.15 bits per heavy atom. The number of hydrogen-bond donors (Lipinski definition) is 2. The topological polar surface area (TPSA) is 134 Å². The second kappa shape index (κ2) is 8.20. The molecule has 0 spiro atoms. The summed E-state index contributed by atoms with van der Waals surface area (Å²) in [5.41, 5.74) is 5.82. The van der Waals surface area contributed by atoms with Crippen molar-refractivity contribution in [2.24, 2.45) is 0 Å². The van der Waals surface area contributed by atoms with Gasteiger partial charge in [0, 0.05) is 17.3 Å². The van der Waals surface area contributed by atoms with Gasteiger partial charge in [-0.05, 0) is 44.5 Å². The van der Waals surface area contributed by atoms with Crippen molar-refractivity contribution < 1.29 is 5.11 Å². The van der Waals surface area contributed by atoms with Gasteiger partial charge in [0.2, 0.25) is 0 Å². The molecule has 10 heteroatoms. The van der Waals surface area contributed by atoms with Crippen LogP contribution in [0.5, 0.6) is 0 Å². The fraction of sp³-hybridized carbons (Fsp3) is 0.250. The number of aromatic amines is 1. The van der Waals surface area contributed by atoms with Crippen LogP contribution in [-0.2, 0) is 13.1 Å². The third-order valence-electron chi connectivity index (χ3n) is 5.50. The van der Waals surface area contributed by atoms with E-state index in [4.69, 9.17) is 4.98 Å². The summed E-state index contributed by atoms with van der Waals surface area (Å²) in [6, 6.07) is 11.7. The van der Waals surface area contributed by atoms with Crippen molar-refractivity contribution in [1.29, 1.82) is 5.26 Å². The van der Waals surface area contributed by atoms with Crippen LogP contribution in [0.1, 0.15) is 30.7 Å². The first-order valence-corrected chi connectivity index (χ1v) is 10.8. The van der Waals surface area contributed by atoms with E-state index in [1.54, 1.807) is 35.6 Å². The van der Waals surface area contributed by atoms with Crippen LogP contribution >= 0.6 is 0 Å². The van der Waals surface area contributed by atoms with Gasteiger partial charge in [-0.15, -0.1) is 5.10 Å². The summed E-state index contributed by atoms with van der Waals surface area (Å²) in [7, 11) is 0. The number of fused-ring (bicyclic) bond motifs is 1. The van der Waals surface area contributed by atoms with Crippen LogP contribution in [0.3, 0.4) is 0 Å². The molecule has 5 aromatic rings. The van der Waals surface area contributed by atoms with Crippen LogP contribution in [0.2, 0.25) is 0 Å². The number of nitrogens with one attached hydrogen (secondary N) is 1. The Morgan fingerprint density at radius 3 is 2.79 bits per heavy atom. The lowest BCUT2D eigenvalue weighted by atomic mass is 9.99. The van der Waals surface area contributed by atoms with Crippen molar-refractivity contribution >= 4 is 11.2 Å². The molecule has 0 radical (unpaired) electrons. The molecule has 2 N–H and O–H groups in total. The van der Waals surface area contributed by atoms with E-state index in [1.807, 2.05) is 43.6 Å². The van der Waals surface area contributed by atoms with Crippen LogP contribution < -0.4 is 0 Å². The van der Waals surface area contributed by atoms with Gasteiger partial charge in [-0.2, -0.15) is 10.4 Å². The first kappa shape index (κ1) is 21.5. The molecule has 0 aliphatic rings. The van der Waals surface area contributed by atoms with E-state index in [-0.39, 0.29) is 0 Å². The number of imidazole rings is 1. The van der Waals surface area contributed by atoms with Crippen molar-refractivity contribution in [1.82, 2.24) is 39.7 Å². The fourth-order valence-corrected chi connectivity index (χ4v) is 3.93. The van der Waals surface area contributed by atoms with Crippen molar-refractivity contribution in [3.8, 4) is 28.6 Å². The minimum absolute atomic E-state index is 0.402. The monoisotopic (exact) mass is 453 g/mol. The molecule has 170 valence electrons. The van der Waals surface area contributed by atoms with Gasteiger partial charge >= 0.3 is 0 Å². The predicted molar refractivity (Wildman–Crippen MR) is 125 cm³/mol. The summed E-state index contributed by atoms with van der Waals surface area (Å²) in [5, 5.41) is 32.6. The highest BCUT2D eigenvalue weighted by Crippen LogP contribution is 2.31. The molecule has 0 amide bonds. The van der Waals surface area contributed by atoms with Crippen molar-refractivity contribution in [2.75, 3.05) is 0 Å². The minimum Gasteiger partial charge on any atom is -0.389 e. The molecule has 4 aromatic heterocycles. The van der Waals surface area contributed by atoms with Gasteiger partial charge in [0.25, 0.3) is 0 Å². The van der Waals surface area contributed by atoms with Gasteiger partial charge in [0.05, 0.1) is 54.2 Å². The highest BCUT2D eigenvalue weighted by Gasteiger charge is 2.17. The molecule has 0 fully saturated rings. The minimum atomic E-state index is -0.844. The molecule has 0 unspecified atom stereocenters. The van der Waals surface area contributed by atoms with E-state index in [9.17, 15) is 10.4 Å². The van der Waals surface area contributed by atoms with Gasteiger partial charge in [-0.3, -0.25) is 4.68 Å². The Hall–Kier alpha value is -4.36. The number of pyridine rings is 1. The molecule has 0 aliphatic carbocycles. The maximum absolute atomic E-state index is 10.0. The van der Waals surface area contributed by atoms with Crippen LogP contribution in [0.25, 0.3) is 33.7 Å². The highest BCUT2D eigenvalue weighted by molar-refractivity contribution is 5.91. The zero-order valence-corrected chi connectivity index (χ0v) is 19.1. The molecule has 0 saturated heterocycles. The lowest BCUT2D eigenvalue weighted by Gasteiger charge is -2.16. The summed E-state index contributed by atoms with van der Waals surface area (Å²) in [5.74, 6) is 0. The lowest BCUT2D eigenvalue weighted by molar-refractivity contribution is 0.0576. The van der Waals surface area contributed by atoms with Crippen LogP contribution in [0.4, 0.5) is 0 Å². The fourth-order valence-electron chi connectivity index (χ4n) is 3.93. The van der Waals surface area contributed by atoms with Crippen molar-refractivity contribution in [2.45, 2.75) is 39.5 Å². The van der Waals surface area contributed by atoms with E-state index in [2.05, 4.69) is 31.4 Å². The SMILES string of the molecule is Cc1c(C#N)cccc1-c1cc(-c2cn(Cc3ccn(CC(C)(C)O)n3)nn2)c2nc[nH]c2n1. The Bertz CT molecular complexity index is 1530. The molecule has 0 aliphatic heterocycles. The average Bonchev–Trinajstić information content (AvgIpc) is 3.54. The number of nitriles is 1. The molecule has 0 saturated carbocycles. The first-order valence-electron chi connectivity index (χ1n) is 10.8. The largest absolute Gasteiger partial charge is 0.389 e. The van der Waals surface area contributed by atoms with Gasteiger partial charge in [0.1, 0.15) is 11.2 Å². The molecule has 0 bridgehead atoms. The zero-order valence-electron chi connectivity index (χ0n) is 19.1. The summed E-state index contributed by atoms with van der Waals surface area (Å²) < 4.78 is 3.43. The van der Waals surface area contributed by atoms with Gasteiger partial charge in [0.15, 0.2) is 5.65 Å². The maximum Gasteiger partial charge on any atom is 0.158 e. The summed E-state index contributed by atoms with van der Waals surface area (Å²) in [6.45, 7) is 6.25. The molecule has 34 heavy (non-hydrogen) atoms. The summed E-state index contributed by atoms with van der Waals surface area (Å²) in [6.07, 6.45) is 5.29. The zero-order chi connectivity index (χ0) is 23.9. The Kier molecular flexibility index (Phi) is 5.18. The molecular formula is C24H23N9O. The third kappa shape index (κ3) is 4.16. The van der Waals surface area contributed by atoms with Crippen LogP contribution in [-0.4, -0.2) is 50.4 Å². The summed E-state index contributed by atoms with van der Waals surface area (Å²) >= 11 is 0. The number of nitrogens with zero attached hydrogens (tertiary/aromatic N) is 8. The van der Waals surface area contributed by atoms with E-state index in [0.29, 0.717) is 35.5 Å². The third-order valence-corrected chi connectivity index (χ3v) is 5.50. The smallest absolute Gasteiger partial charge is 0.158 e. The Morgan fingerprint density at radius 2 is 2.00 bits per heavy atom. The number of aliphatic hydroxyl groups is 1. The van der Waals surface area contributed by atoms with Crippen molar-refractivity contribution in [3.63, 3.8) is 0 Å². The number of rotatable bonds is 6. The Labute approximate surface area is 195 Å². The van der Waals surface area contributed by atoms with Crippen molar-refractivity contribution in [3.05, 3.63) is 65.9 Å². The molecule has 1 aromatic carbocycles. The first-order chi connectivity index (χ1) is 16.3. The molecule has 0 atom stereocenters. The van der Waals surface area contributed by atoms with Gasteiger partial charge in [-0.1, -0.05) is 17.3 Å². The number of H-pyrrole nitrogens is 1. The lowest BCUT2D eigenvalue weighted by Crippen LogP contribution is -2.26. The number of hydrogen-bond acceptors (Lipinski definition) is 7. The predicted octanol–water partition coefficient (Wildman–Crippen LogP) is 3.08. The maximum atomic E-state index is 10.0. The van der Waals surface area contributed by atoms with Crippen LogP contribution in [0.15, 0.2) is 49.1 Å². The standard InChI is InChI=1S/C24H23N9O/c1-15-16(10-25)5-4-6-18(15)20-9-19(22-23(28-20)27-14-26-22)21-12-33(31-29-21)11-17-7-8-32(30-17)13-24(2,3)34/h4-9,12,14,34H,11,13H2,1-3H3,(H,26,27,28). The number of aromatic nitrogens is 8. The summed E-state index contributed by atoms with van der Waals surface area (Å²) in [4.78, 5) is 12.2. The Balaban J connectivity index is 1.49. The van der Waals surface area contributed by atoms with Gasteiger partial charge in [-0.25, -0.2) is 14.6 Å². The molecule has 5 rings (SSSR count). The normalized spacial score (nSPS) is 11.7. The molecule has 10 nitrogen and oxygen atoms in total. The van der Waals surface area contributed by atoms with E-state index < -0.39 is 5.60 Å². The molecular weight excluding hydrogens is 430 g/mol. The highest BCUT2D eigenvalue weighted by atomic mass is 16.3. The van der Waals surface area contributed by atoms with Crippen LogP contribution in [0, 0.1) is 18.3 Å². The number of benzene rings is 1. The second-order valence-corrected chi connectivity index (χ2v) is 8.86. The molecule has 4 heterocycles. The van der Waals surface area contributed by atoms with Gasteiger partial charge < -0.3 is 10.1 Å². The average molecular weight is 454 g/mol. The van der Waals surface area contributed by atoms with E-state index >= 15 is 0 Å². The second-order valence-electron chi connectivity index (χ2n) is 8.86. The quantitative estimate of drug-likeness (QED) is 0.403. The van der Waals surface area contributed by atoms with E-state index in [1.165, 1.54) is 0 Å².